The molecular weight excluding hydrogens is 216 g/mol. The molecule has 17 heavy (non-hydrogen) atoms. The van der Waals surface area contributed by atoms with Crippen molar-refractivity contribution in [2.45, 2.75) is 12.8 Å². The van der Waals surface area contributed by atoms with Crippen molar-refractivity contribution in [3.63, 3.8) is 0 Å². The summed E-state index contributed by atoms with van der Waals surface area (Å²) < 4.78 is 5.03. The molecule has 2 N–H and O–H groups in total. The maximum atomic E-state index is 11.5. The minimum absolute atomic E-state index is 0.230. The van der Waals surface area contributed by atoms with Crippen molar-refractivity contribution >= 4 is 11.7 Å². The first kappa shape index (κ1) is 11.5. The van der Waals surface area contributed by atoms with Crippen LogP contribution in [0.25, 0.3) is 0 Å². The summed E-state index contributed by atoms with van der Waals surface area (Å²) in [5.41, 5.74) is 0.739. The van der Waals surface area contributed by atoms with Crippen LogP contribution in [0.4, 0.5) is 10.5 Å². The van der Waals surface area contributed by atoms with E-state index in [1.54, 1.807) is 37.6 Å². The largest absolute Gasteiger partial charge is 0.497 e. The van der Waals surface area contributed by atoms with Crippen molar-refractivity contribution in [2.75, 3.05) is 12.4 Å². The highest BCUT2D eigenvalue weighted by molar-refractivity contribution is 5.89. The fourth-order valence-electron chi connectivity index (χ4n) is 1.39. The summed E-state index contributed by atoms with van der Waals surface area (Å²) in [6.45, 7) is 0. The third-order valence-electron chi connectivity index (χ3n) is 2.55. The van der Waals surface area contributed by atoms with Crippen LogP contribution < -0.4 is 15.4 Å². The van der Waals surface area contributed by atoms with E-state index in [1.165, 1.54) is 12.8 Å². The van der Waals surface area contributed by atoms with Gasteiger partial charge in [0.2, 0.25) is 0 Å². The van der Waals surface area contributed by atoms with Crippen LogP contribution in [-0.4, -0.2) is 13.1 Å². The van der Waals surface area contributed by atoms with Crippen molar-refractivity contribution in [2.24, 2.45) is 5.92 Å². The molecule has 1 aromatic rings. The summed E-state index contributed by atoms with van der Waals surface area (Å²) in [4.78, 5) is 11.5. The van der Waals surface area contributed by atoms with Gasteiger partial charge >= 0.3 is 6.03 Å². The molecule has 0 bridgehead atoms. The van der Waals surface area contributed by atoms with Crippen LogP contribution in [-0.2, 0) is 0 Å². The molecule has 0 unspecified atom stereocenters. The first-order valence-corrected chi connectivity index (χ1v) is 5.66. The number of allylic oxidation sites excluding steroid dienone is 1. The number of amides is 2. The molecule has 0 saturated heterocycles. The van der Waals surface area contributed by atoms with Gasteiger partial charge in [-0.2, -0.15) is 0 Å². The van der Waals surface area contributed by atoms with Gasteiger partial charge in [0.1, 0.15) is 5.75 Å². The van der Waals surface area contributed by atoms with Gasteiger partial charge in [0.15, 0.2) is 0 Å². The zero-order valence-electron chi connectivity index (χ0n) is 9.77. The third-order valence-corrected chi connectivity index (χ3v) is 2.55. The Morgan fingerprint density at radius 2 is 2.06 bits per heavy atom. The molecule has 0 radical (unpaired) electrons. The van der Waals surface area contributed by atoms with E-state index in [0.717, 1.165) is 11.4 Å². The lowest BCUT2D eigenvalue weighted by Crippen LogP contribution is -2.23. The lowest BCUT2D eigenvalue weighted by atomic mass is 10.3. The lowest BCUT2D eigenvalue weighted by Gasteiger charge is -2.05. The molecule has 0 atom stereocenters. The number of hydrogen-bond donors (Lipinski definition) is 2. The first-order chi connectivity index (χ1) is 8.28. The van der Waals surface area contributed by atoms with Crippen molar-refractivity contribution in [1.29, 1.82) is 0 Å². The van der Waals surface area contributed by atoms with Gasteiger partial charge in [-0.25, -0.2) is 4.79 Å². The van der Waals surface area contributed by atoms with E-state index in [-0.39, 0.29) is 6.03 Å². The molecule has 1 aliphatic rings. The Labute approximate surface area is 101 Å². The molecule has 4 nitrogen and oxygen atoms in total. The standard InChI is InChI=1S/C13H16N2O2/c1-17-12-6-4-11(5-7-12)15-13(16)14-9-8-10-2-3-10/h4-10H,2-3H2,1H3,(H2,14,15,16)/b9-8+. The summed E-state index contributed by atoms with van der Waals surface area (Å²) in [6, 6.07) is 6.96. The van der Waals surface area contributed by atoms with E-state index in [2.05, 4.69) is 10.6 Å². The molecule has 90 valence electrons. The number of carbonyl (C=O) groups excluding carboxylic acids is 1. The Kier molecular flexibility index (Phi) is 3.65. The number of urea groups is 1. The Hall–Kier alpha value is -1.97. The molecule has 0 heterocycles. The van der Waals surface area contributed by atoms with E-state index in [1.807, 2.05) is 6.08 Å². The smallest absolute Gasteiger partial charge is 0.323 e. The Morgan fingerprint density at radius 1 is 1.35 bits per heavy atom. The highest BCUT2D eigenvalue weighted by atomic mass is 16.5. The van der Waals surface area contributed by atoms with Gasteiger partial charge in [-0.1, -0.05) is 6.08 Å². The summed E-state index contributed by atoms with van der Waals surface area (Å²) in [5, 5.41) is 5.40. The van der Waals surface area contributed by atoms with E-state index in [9.17, 15) is 4.79 Å². The van der Waals surface area contributed by atoms with Gasteiger partial charge in [0.05, 0.1) is 7.11 Å². The monoisotopic (exact) mass is 232 g/mol. The quantitative estimate of drug-likeness (QED) is 0.838. The topological polar surface area (TPSA) is 50.4 Å². The van der Waals surface area contributed by atoms with Gasteiger partial charge < -0.3 is 15.4 Å². The predicted octanol–water partition coefficient (Wildman–Crippen LogP) is 2.74. The molecule has 0 aromatic heterocycles. The first-order valence-electron chi connectivity index (χ1n) is 5.66. The molecule has 1 aromatic carbocycles. The van der Waals surface area contributed by atoms with Crippen LogP contribution in [0.5, 0.6) is 5.75 Å². The second-order valence-electron chi connectivity index (χ2n) is 4.02. The highest BCUT2D eigenvalue weighted by Gasteiger charge is 2.16. The fourth-order valence-corrected chi connectivity index (χ4v) is 1.39. The lowest BCUT2D eigenvalue weighted by molar-refractivity contribution is 0.255. The number of carbonyl (C=O) groups is 1. The van der Waals surface area contributed by atoms with Crippen molar-refractivity contribution in [3.8, 4) is 5.75 Å². The molecule has 2 rings (SSSR count). The molecule has 0 spiro atoms. The number of rotatable bonds is 4. The van der Waals surface area contributed by atoms with Crippen molar-refractivity contribution < 1.29 is 9.53 Å². The highest BCUT2D eigenvalue weighted by Crippen LogP contribution is 2.29. The SMILES string of the molecule is COc1ccc(NC(=O)N/C=C/C2CC2)cc1. The summed E-state index contributed by atoms with van der Waals surface area (Å²) in [6.07, 6.45) is 6.20. The number of nitrogens with one attached hydrogen (secondary N) is 2. The molecule has 1 aliphatic carbocycles. The normalized spacial score (nSPS) is 14.6. The zero-order chi connectivity index (χ0) is 12.1. The van der Waals surface area contributed by atoms with Crippen molar-refractivity contribution in [1.82, 2.24) is 5.32 Å². The van der Waals surface area contributed by atoms with Crippen molar-refractivity contribution in [3.05, 3.63) is 36.5 Å². The average molecular weight is 232 g/mol. The second-order valence-corrected chi connectivity index (χ2v) is 4.02. The van der Waals surface area contributed by atoms with Gasteiger partial charge in [-0.05, 0) is 43.0 Å². The number of benzene rings is 1. The van der Waals surface area contributed by atoms with Crippen LogP contribution in [0.2, 0.25) is 0 Å². The number of methoxy groups -OCH3 is 1. The van der Waals surface area contributed by atoms with Crippen LogP contribution in [0, 0.1) is 5.92 Å². The van der Waals surface area contributed by atoms with E-state index < -0.39 is 0 Å². The average Bonchev–Trinajstić information content (AvgIpc) is 3.14. The Morgan fingerprint density at radius 3 is 2.65 bits per heavy atom. The number of hydrogen-bond acceptors (Lipinski definition) is 2. The van der Waals surface area contributed by atoms with Gasteiger partial charge in [-0.15, -0.1) is 0 Å². The summed E-state index contributed by atoms with van der Waals surface area (Å²) in [7, 11) is 1.61. The van der Waals surface area contributed by atoms with Gasteiger partial charge in [0.25, 0.3) is 0 Å². The molecule has 4 heteroatoms. The van der Waals surface area contributed by atoms with Crippen LogP contribution in [0.1, 0.15) is 12.8 Å². The Bertz CT molecular complexity index is 408. The molecule has 0 aliphatic heterocycles. The minimum atomic E-state index is -0.230. The minimum Gasteiger partial charge on any atom is -0.497 e. The van der Waals surface area contributed by atoms with Crippen LogP contribution in [0.15, 0.2) is 36.5 Å². The van der Waals surface area contributed by atoms with Crippen LogP contribution >= 0.6 is 0 Å². The molecule has 1 fully saturated rings. The third kappa shape index (κ3) is 3.83. The zero-order valence-corrected chi connectivity index (χ0v) is 9.77. The van der Waals surface area contributed by atoms with Gasteiger partial charge in [-0.3, -0.25) is 0 Å². The van der Waals surface area contributed by atoms with E-state index in [4.69, 9.17) is 4.74 Å². The maximum absolute atomic E-state index is 11.5. The van der Waals surface area contributed by atoms with Gasteiger partial charge in [0, 0.05) is 11.9 Å². The maximum Gasteiger partial charge on any atom is 0.323 e. The Balaban J connectivity index is 1.79. The van der Waals surface area contributed by atoms with Crippen LogP contribution in [0.3, 0.4) is 0 Å². The second kappa shape index (κ2) is 5.39. The fraction of sp³-hybridized carbons (Fsp3) is 0.308. The molecule has 1 saturated carbocycles. The number of ether oxygens (including phenoxy) is 1. The summed E-state index contributed by atoms with van der Waals surface area (Å²) >= 11 is 0. The van der Waals surface area contributed by atoms with E-state index >= 15 is 0 Å². The predicted molar refractivity (Wildman–Crippen MR) is 67.0 cm³/mol. The molecule has 2 amide bonds. The molecular formula is C13H16N2O2. The summed E-state index contributed by atoms with van der Waals surface area (Å²) in [5.74, 6) is 1.43. The number of anilines is 1. The van der Waals surface area contributed by atoms with E-state index in [0.29, 0.717) is 5.92 Å².